The molecule has 20 heavy (non-hydrogen) atoms. The van der Waals surface area contributed by atoms with Crippen molar-refractivity contribution < 1.29 is 0 Å². The molecule has 3 nitrogen and oxygen atoms in total. The average Bonchev–Trinajstić information content (AvgIpc) is 2.54. The van der Waals surface area contributed by atoms with E-state index in [9.17, 15) is 0 Å². The van der Waals surface area contributed by atoms with Crippen molar-refractivity contribution in [3.8, 4) is 11.4 Å². The van der Waals surface area contributed by atoms with Crippen LogP contribution in [-0.4, -0.2) is 15.0 Å². The third-order valence-corrected chi connectivity index (χ3v) is 3.26. The number of pyridine rings is 1. The van der Waals surface area contributed by atoms with Gasteiger partial charge in [0.2, 0.25) is 0 Å². The molecule has 0 N–H and O–H groups in total. The molecular formula is C17H10N3. The second-order valence-electron chi connectivity index (χ2n) is 4.59. The van der Waals surface area contributed by atoms with Crippen molar-refractivity contribution in [2.24, 2.45) is 0 Å². The first-order valence-corrected chi connectivity index (χ1v) is 6.40. The van der Waals surface area contributed by atoms with Crippen LogP contribution in [0.5, 0.6) is 0 Å². The van der Waals surface area contributed by atoms with E-state index in [4.69, 9.17) is 0 Å². The van der Waals surface area contributed by atoms with Gasteiger partial charge in [0.15, 0.2) is 5.82 Å². The van der Waals surface area contributed by atoms with E-state index >= 15 is 0 Å². The van der Waals surface area contributed by atoms with E-state index < -0.39 is 0 Å². The van der Waals surface area contributed by atoms with Crippen LogP contribution in [0.25, 0.3) is 33.2 Å². The number of aromatic nitrogens is 3. The summed E-state index contributed by atoms with van der Waals surface area (Å²) in [6.45, 7) is 0. The van der Waals surface area contributed by atoms with Crippen LogP contribution in [-0.2, 0) is 0 Å². The zero-order valence-electron chi connectivity index (χ0n) is 10.6. The molecule has 0 aliphatic rings. The van der Waals surface area contributed by atoms with Gasteiger partial charge in [-0.25, -0.2) is 15.0 Å². The van der Waals surface area contributed by atoms with Crippen molar-refractivity contribution in [3.05, 3.63) is 67.0 Å². The Morgan fingerprint density at radius 3 is 2.45 bits per heavy atom. The van der Waals surface area contributed by atoms with Gasteiger partial charge in [0, 0.05) is 22.5 Å². The lowest BCUT2D eigenvalue weighted by Crippen LogP contribution is -1.91. The third-order valence-electron chi connectivity index (χ3n) is 3.26. The van der Waals surface area contributed by atoms with Crippen molar-refractivity contribution in [1.82, 2.24) is 15.0 Å². The molecule has 0 fully saturated rings. The molecular weight excluding hydrogens is 246 g/mol. The minimum Gasteiger partial charge on any atom is -0.245 e. The summed E-state index contributed by atoms with van der Waals surface area (Å²) in [5.41, 5.74) is 2.67. The maximum Gasteiger partial charge on any atom is 0.162 e. The van der Waals surface area contributed by atoms with Crippen molar-refractivity contribution in [1.29, 1.82) is 0 Å². The van der Waals surface area contributed by atoms with Crippen molar-refractivity contribution in [2.45, 2.75) is 0 Å². The van der Waals surface area contributed by atoms with Gasteiger partial charge in [-0.05, 0) is 18.2 Å². The maximum atomic E-state index is 4.57. The largest absolute Gasteiger partial charge is 0.245 e. The van der Waals surface area contributed by atoms with Crippen LogP contribution in [0, 0.1) is 6.20 Å². The molecule has 4 rings (SSSR count). The van der Waals surface area contributed by atoms with Crippen LogP contribution in [0.15, 0.2) is 60.8 Å². The number of nitrogens with zero attached hydrogens (tertiary/aromatic N) is 3. The molecule has 4 aromatic rings. The van der Waals surface area contributed by atoms with Crippen LogP contribution in [0.4, 0.5) is 0 Å². The Morgan fingerprint density at radius 2 is 1.55 bits per heavy atom. The Balaban J connectivity index is 1.91. The van der Waals surface area contributed by atoms with Crippen LogP contribution in [0.2, 0.25) is 0 Å². The molecule has 3 heteroatoms. The van der Waals surface area contributed by atoms with Gasteiger partial charge in [-0.15, -0.1) is 0 Å². The van der Waals surface area contributed by atoms with Gasteiger partial charge in [0.1, 0.15) is 6.20 Å². The quantitative estimate of drug-likeness (QED) is 0.522. The molecule has 0 atom stereocenters. The second kappa shape index (κ2) is 4.38. The average molecular weight is 256 g/mol. The van der Waals surface area contributed by atoms with Gasteiger partial charge < -0.3 is 0 Å². The van der Waals surface area contributed by atoms with E-state index in [0.29, 0.717) is 5.82 Å². The van der Waals surface area contributed by atoms with Crippen molar-refractivity contribution in [3.63, 3.8) is 0 Å². The van der Waals surface area contributed by atoms with Crippen LogP contribution in [0.3, 0.4) is 0 Å². The molecule has 2 aromatic heterocycles. The fourth-order valence-electron chi connectivity index (χ4n) is 2.24. The van der Waals surface area contributed by atoms with Gasteiger partial charge in [-0.2, -0.15) is 0 Å². The number of benzene rings is 2. The Morgan fingerprint density at radius 1 is 0.800 bits per heavy atom. The van der Waals surface area contributed by atoms with Crippen molar-refractivity contribution >= 4 is 21.8 Å². The number of para-hydroxylation sites is 2. The molecule has 0 aliphatic heterocycles. The zero-order chi connectivity index (χ0) is 13.4. The van der Waals surface area contributed by atoms with Gasteiger partial charge in [0.05, 0.1) is 11.0 Å². The zero-order valence-corrected chi connectivity index (χ0v) is 10.6. The summed E-state index contributed by atoms with van der Waals surface area (Å²) in [6, 6.07) is 17.9. The Labute approximate surface area is 116 Å². The molecule has 2 heterocycles. The van der Waals surface area contributed by atoms with Crippen LogP contribution in [0.1, 0.15) is 0 Å². The first kappa shape index (κ1) is 11.1. The molecule has 0 saturated heterocycles. The Hall–Kier alpha value is -2.81. The lowest BCUT2D eigenvalue weighted by Gasteiger charge is -2.03. The predicted octanol–water partition coefficient (Wildman–Crippen LogP) is 3.65. The fraction of sp³-hybridized carbons (Fsp3) is 0. The highest BCUT2D eigenvalue weighted by Crippen LogP contribution is 2.20. The molecule has 0 unspecified atom stereocenters. The van der Waals surface area contributed by atoms with E-state index in [1.807, 2.05) is 60.8 Å². The van der Waals surface area contributed by atoms with Crippen LogP contribution >= 0.6 is 0 Å². The number of hydrogen-bond donors (Lipinski definition) is 0. The second-order valence-corrected chi connectivity index (χ2v) is 4.59. The highest BCUT2D eigenvalue weighted by Gasteiger charge is 2.05. The summed E-state index contributed by atoms with van der Waals surface area (Å²) >= 11 is 0. The first-order chi connectivity index (χ1) is 9.90. The van der Waals surface area contributed by atoms with E-state index in [1.54, 1.807) is 0 Å². The summed E-state index contributed by atoms with van der Waals surface area (Å²) in [5.74, 6) is 0.655. The van der Waals surface area contributed by atoms with Gasteiger partial charge in [-0.1, -0.05) is 36.4 Å². The number of fused-ring (bicyclic) bond motifs is 2. The predicted molar refractivity (Wildman–Crippen MR) is 79.1 cm³/mol. The Kier molecular flexibility index (Phi) is 2.42. The summed E-state index contributed by atoms with van der Waals surface area (Å²) in [6.07, 6.45) is 4.85. The molecule has 0 amide bonds. The Bertz CT molecular complexity index is 838. The smallest absolute Gasteiger partial charge is 0.162 e. The number of hydrogen-bond acceptors (Lipinski definition) is 3. The van der Waals surface area contributed by atoms with Gasteiger partial charge in [0.25, 0.3) is 0 Å². The molecule has 0 saturated carbocycles. The monoisotopic (exact) mass is 256 g/mol. The lowest BCUT2D eigenvalue weighted by molar-refractivity contribution is 1.21. The summed E-state index contributed by atoms with van der Waals surface area (Å²) in [4.78, 5) is 13.3. The molecule has 0 spiro atoms. The maximum absolute atomic E-state index is 4.57. The van der Waals surface area contributed by atoms with Gasteiger partial charge >= 0.3 is 0 Å². The minimum absolute atomic E-state index is 0.655. The minimum atomic E-state index is 0.655. The standard InChI is InChI=1S/C17H10N3/c1-3-7-15-12(5-1)9-14(11-18-15)17-19-10-13-6-2-4-8-16(13)20-17/h1-10H. The third kappa shape index (κ3) is 1.80. The fourth-order valence-corrected chi connectivity index (χ4v) is 2.24. The van der Waals surface area contributed by atoms with E-state index in [1.165, 1.54) is 0 Å². The van der Waals surface area contributed by atoms with E-state index in [-0.39, 0.29) is 0 Å². The van der Waals surface area contributed by atoms with E-state index in [2.05, 4.69) is 21.1 Å². The van der Waals surface area contributed by atoms with E-state index in [0.717, 1.165) is 27.4 Å². The lowest BCUT2D eigenvalue weighted by atomic mass is 10.1. The number of rotatable bonds is 1. The SMILES string of the molecule is [c]1nc2ccccc2cc1-c1ncc2ccccc2n1. The molecule has 1 radical (unpaired) electrons. The molecule has 2 aromatic carbocycles. The summed E-state index contributed by atoms with van der Waals surface area (Å²) in [5, 5.41) is 2.10. The molecule has 93 valence electrons. The van der Waals surface area contributed by atoms with Crippen molar-refractivity contribution in [2.75, 3.05) is 0 Å². The first-order valence-electron chi connectivity index (χ1n) is 6.40. The molecule has 0 bridgehead atoms. The molecule has 0 aliphatic carbocycles. The normalized spacial score (nSPS) is 11.0. The highest BCUT2D eigenvalue weighted by atomic mass is 14.9. The summed E-state index contributed by atoms with van der Waals surface area (Å²) < 4.78 is 0. The van der Waals surface area contributed by atoms with Crippen LogP contribution < -0.4 is 0 Å². The highest BCUT2D eigenvalue weighted by molar-refractivity contribution is 5.83. The summed E-state index contributed by atoms with van der Waals surface area (Å²) in [7, 11) is 0. The topological polar surface area (TPSA) is 38.7 Å². The van der Waals surface area contributed by atoms with Gasteiger partial charge in [-0.3, -0.25) is 0 Å².